The molecule has 1 atom stereocenters. The van der Waals surface area contributed by atoms with Gasteiger partial charge in [0.2, 0.25) is 0 Å². The molecule has 0 saturated heterocycles. The Kier molecular flexibility index (Phi) is 1.86. The number of hydrogen-bond acceptors (Lipinski definition) is 2. The molecule has 0 aromatic heterocycles. The summed E-state index contributed by atoms with van der Waals surface area (Å²) in [5.41, 5.74) is 0. The fourth-order valence-electron chi connectivity index (χ4n) is 0.705. The smallest absolute Gasteiger partial charge is 0.0582 e. The molecule has 0 aliphatic heterocycles. The molecule has 0 aromatic carbocycles. The highest BCUT2D eigenvalue weighted by molar-refractivity contribution is 4.82. The van der Waals surface area contributed by atoms with Gasteiger partial charge >= 0.3 is 0 Å². The van der Waals surface area contributed by atoms with E-state index < -0.39 is 0 Å². The van der Waals surface area contributed by atoms with Crippen molar-refractivity contribution in [3.05, 3.63) is 0 Å². The van der Waals surface area contributed by atoms with E-state index in [0.717, 1.165) is 6.04 Å². The molecule has 0 aromatic rings. The van der Waals surface area contributed by atoms with E-state index in [0.29, 0.717) is 6.04 Å². The maximum absolute atomic E-state index is 8.55. The predicted octanol–water partition coefficient (Wildman–Crippen LogP) is 0.119. The van der Waals surface area contributed by atoms with Crippen molar-refractivity contribution in [1.82, 2.24) is 5.32 Å². The highest BCUT2D eigenvalue weighted by Gasteiger charge is 2.21. The van der Waals surface area contributed by atoms with Crippen LogP contribution in [0.25, 0.3) is 0 Å². The summed E-state index contributed by atoms with van der Waals surface area (Å²) >= 11 is 0. The first-order valence-corrected chi connectivity index (χ1v) is 3.20. The zero-order valence-corrected chi connectivity index (χ0v) is 5.22. The van der Waals surface area contributed by atoms with Crippen LogP contribution < -0.4 is 5.32 Å². The van der Waals surface area contributed by atoms with Gasteiger partial charge in [-0.2, -0.15) is 0 Å². The molecule has 0 heterocycles. The fraction of sp³-hybridized carbons (Fsp3) is 1.00. The lowest BCUT2D eigenvalue weighted by Gasteiger charge is -2.07. The lowest BCUT2D eigenvalue weighted by Crippen LogP contribution is -2.30. The van der Waals surface area contributed by atoms with Gasteiger partial charge in [-0.1, -0.05) is 0 Å². The monoisotopic (exact) mass is 115 g/mol. The molecule has 1 fully saturated rings. The second kappa shape index (κ2) is 2.46. The van der Waals surface area contributed by atoms with Crippen molar-refractivity contribution in [2.24, 2.45) is 0 Å². The first kappa shape index (κ1) is 6.05. The first-order valence-electron chi connectivity index (χ1n) is 3.20. The Balaban J connectivity index is 1.98. The number of aliphatic hydroxyl groups excluding tert-OH is 1. The third-order valence-electron chi connectivity index (χ3n) is 1.37. The van der Waals surface area contributed by atoms with Gasteiger partial charge in [-0.3, -0.25) is 0 Å². The van der Waals surface area contributed by atoms with Gasteiger partial charge in [-0.05, 0) is 19.8 Å². The normalized spacial score (nSPS) is 23.2. The molecular formula is C6H13NO. The molecule has 1 saturated carbocycles. The highest BCUT2D eigenvalue weighted by atomic mass is 16.3. The van der Waals surface area contributed by atoms with Crippen LogP contribution in [0.2, 0.25) is 0 Å². The lowest BCUT2D eigenvalue weighted by molar-refractivity contribution is 0.251. The SMILES string of the molecule is CC(CO)NC1CC1. The number of hydrogen-bond donors (Lipinski definition) is 2. The number of rotatable bonds is 3. The zero-order chi connectivity index (χ0) is 5.98. The molecule has 2 nitrogen and oxygen atoms in total. The van der Waals surface area contributed by atoms with Crippen LogP contribution in [-0.2, 0) is 0 Å². The van der Waals surface area contributed by atoms with Crippen molar-refractivity contribution < 1.29 is 5.11 Å². The van der Waals surface area contributed by atoms with Crippen LogP contribution >= 0.6 is 0 Å². The maximum Gasteiger partial charge on any atom is 0.0582 e. The lowest BCUT2D eigenvalue weighted by atomic mass is 10.3. The first-order chi connectivity index (χ1) is 3.83. The standard InChI is InChI=1S/C6H13NO/c1-5(4-8)7-6-2-3-6/h5-8H,2-4H2,1H3. The summed E-state index contributed by atoms with van der Waals surface area (Å²) in [5.74, 6) is 0. The van der Waals surface area contributed by atoms with Crippen molar-refractivity contribution in [3.63, 3.8) is 0 Å². The molecule has 0 bridgehead atoms. The van der Waals surface area contributed by atoms with Gasteiger partial charge in [0.1, 0.15) is 0 Å². The van der Waals surface area contributed by atoms with E-state index in [2.05, 4.69) is 5.32 Å². The third-order valence-corrected chi connectivity index (χ3v) is 1.37. The molecule has 1 aliphatic rings. The Morgan fingerprint density at radius 3 is 2.75 bits per heavy atom. The zero-order valence-electron chi connectivity index (χ0n) is 5.22. The van der Waals surface area contributed by atoms with Gasteiger partial charge in [-0.25, -0.2) is 0 Å². The van der Waals surface area contributed by atoms with E-state index in [1.807, 2.05) is 6.92 Å². The van der Waals surface area contributed by atoms with Gasteiger partial charge in [0.05, 0.1) is 6.61 Å². The van der Waals surface area contributed by atoms with Gasteiger partial charge in [-0.15, -0.1) is 0 Å². The van der Waals surface area contributed by atoms with Crippen molar-refractivity contribution in [2.75, 3.05) is 6.61 Å². The molecule has 0 spiro atoms. The largest absolute Gasteiger partial charge is 0.395 e. The van der Waals surface area contributed by atoms with Crippen LogP contribution in [0, 0.1) is 0 Å². The van der Waals surface area contributed by atoms with E-state index in [1.165, 1.54) is 12.8 Å². The summed E-state index contributed by atoms with van der Waals surface area (Å²) in [6.07, 6.45) is 2.59. The van der Waals surface area contributed by atoms with Crippen LogP contribution in [-0.4, -0.2) is 23.8 Å². The van der Waals surface area contributed by atoms with Crippen LogP contribution in [0.5, 0.6) is 0 Å². The second-order valence-corrected chi connectivity index (χ2v) is 2.52. The van der Waals surface area contributed by atoms with Gasteiger partial charge in [0.15, 0.2) is 0 Å². The van der Waals surface area contributed by atoms with Gasteiger partial charge in [0.25, 0.3) is 0 Å². The topological polar surface area (TPSA) is 32.3 Å². The van der Waals surface area contributed by atoms with Crippen LogP contribution in [0.4, 0.5) is 0 Å². The quantitative estimate of drug-likeness (QED) is 0.547. The minimum absolute atomic E-state index is 0.260. The highest BCUT2D eigenvalue weighted by Crippen LogP contribution is 2.18. The van der Waals surface area contributed by atoms with Gasteiger partial charge in [0, 0.05) is 12.1 Å². The Bertz CT molecular complexity index is 70.9. The molecule has 1 rings (SSSR count). The second-order valence-electron chi connectivity index (χ2n) is 2.52. The minimum Gasteiger partial charge on any atom is -0.395 e. The molecule has 1 aliphatic carbocycles. The van der Waals surface area contributed by atoms with Crippen molar-refractivity contribution >= 4 is 0 Å². The molecule has 2 heteroatoms. The van der Waals surface area contributed by atoms with E-state index in [1.54, 1.807) is 0 Å². The average molecular weight is 115 g/mol. The summed E-state index contributed by atoms with van der Waals surface area (Å²) in [5, 5.41) is 11.8. The molecular weight excluding hydrogens is 102 g/mol. The van der Waals surface area contributed by atoms with E-state index in [-0.39, 0.29) is 6.61 Å². The Hall–Kier alpha value is -0.0800. The molecule has 48 valence electrons. The van der Waals surface area contributed by atoms with Crippen LogP contribution in [0.15, 0.2) is 0 Å². The van der Waals surface area contributed by atoms with Crippen molar-refractivity contribution in [3.8, 4) is 0 Å². The molecule has 0 amide bonds. The summed E-state index contributed by atoms with van der Waals surface area (Å²) in [6, 6.07) is 1.01. The van der Waals surface area contributed by atoms with Crippen molar-refractivity contribution in [1.29, 1.82) is 0 Å². The summed E-state index contributed by atoms with van der Waals surface area (Å²) in [7, 11) is 0. The third kappa shape index (κ3) is 1.80. The summed E-state index contributed by atoms with van der Waals surface area (Å²) in [4.78, 5) is 0. The van der Waals surface area contributed by atoms with E-state index >= 15 is 0 Å². The molecule has 8 heavy (non-hydrogen) atoms. The fourth-order valence-corrected chi connectivity index (χ4v) is 0.705. The molecule has 0 radical (unpaired) electrons. The minimum atomic E-state index is 0.260. The van der Waals surface area contributed by atoms with Crippen LogP contribution in [0.3, 0.4) is 0 Å². The Labute approximate surface area is 49.9 Å². The van der Waals surface area contributed by atoms with E-state index in [4.69, 9.17) is 5.11 Å². The van der Waals surface area contributed by atoms with E-state index in [9.17, 15) is 0 Å². The average Bonchev–Trinajstić information content (AvgIpc) is 2.50. The van der Waals surface area contributed by atoms with Crippen LogP contribution in [0.1, 0.15) is 19.8 Å². The Morgan fingerprint density at radius 2 is 2.38 bits per heavy atom. The number of nitrogens with one attached hydrogen (secondary N) is 1. The van der Waals surface area contributed by atoms with Crippen molar-refractivity contribution in [2.45, 2.75) is 31.8 Å². The number of aliphatic hydroxyl groups is 1. The summed E-state index contributed by atoms with van der Waals surface area (Å²) < 4.78 is 0. The van der Waals surface area contributed by atoms with Gasteiger partial charge < -0.3 is 10.4 Å². The summed E-state index contributed by atoms with van der Waals surface area (Å²) in [6.45, 7) is 2.26. The molecule has 2 N–H and O–H groups in total. The molecule has 1 unspecified atom stereocenters. The maximum atomic E-state index is 8.55. The Morgan fingerprint density at radius 1 is 1.75 bits per heavy atom. The predicted molar refractivity (Wildman–Crippen MR) is 32.7 cm³/mol.